The smallest absolute Gasteiger partial charge is 0.341 e. The molecule has 0 saturated heterocycles. The minimum Gasteiger partial charge on any atom is -0.507 e. The van der Waals surface area contributed by atoms with E-state index in [4.69, 9.17) is 4.74 Å². The summed E-state index contributed by atoms with van der Waals surface area (Å²) in [6.45, 7) is 7.59. The van der Waals surface area contributed by atoms with Gasteiger partial charge in [0.05, 0.1) is 13.0 Å². The van der Waals surface area contributed by atoms with Crippen molar-refractivity contribution in [2.75, 3.05) is 6.61 Å². The van der Waals surface area contributed by atoms with Gasteiger partial charge in [-0.25, -0.2) is 4.79 Å². The van der Waals surface area contributed by atoms with Crippen LogP contribution in [0.3, 0.4) is 0 Å². The number of ether oxygens (including phenoxy) is 1. The maximum absolute atomic E-state index is 12.1. The molecule has 0 spiro atoms. The topological polar surface area (TPSA) is 80.7 Å². The van der Waals surface area contributed by atoms with Crippen LogP contribution in [-0.4, -0.2) is 29.2 Å². The number of phenols is 1. The van der Waals surface area contributed by atoms with Gasteiger partial charge in [-0.1, -0.05) is 20.8 Å². The van der Waals surface area contributed by atoms with E-state index < -0.39 is 5.97 Å². The van der Waals surface area contributed by atoms with Crippen molar-refractivity contribution in [3.05, 3.63) is 29.3 Å². The Hall–Kier alpha value is -1.88. The van der Waals surface area contributed by atoms with Crippen molar-refractivity contribution in [1.29, 1.82) is 0 Å². The van der Waals surface area contributed by atoms with Crippen molar-refractivity contribution in [1.82, 2.24) is 0 Å². The van der Waals surface area contributed by atoms with Crippen LogP contribution >= 0.6 is 12.4 Å². The highest BCUT2D eigenvalue weighted by molar-refractivity contribution is 6.09. The molecule has 1 N–H and O–H groups in total. The summed E-state index contributed by atoms with van der Waals surface area (Å²) in [6.07, 6.45) is 0.0892. The molecule has 0 unspecified atom stereocenters. The third-order valence-electron chi connectivity index (χ3n) is 2.90. The standard InChI is InChI=1S/C17H22O5.ClH/c1-5-22-16(21)13-8-11(6-7-14(13)19)15(20)9-12(18)10-17(2,3)4;/h6-8,19H,5,9-10H2,1-4H3;1H. The second-order valence-corrected chi connectivity index (χ2v) is 6.33. The van der Waals surface area contributed by atoms with Gasteiger partial charge >= 0.3 is 5.97 Å². The number of halogens is 1. The summed E-state index contributed by atoms with van der Waals surface area (Å²) in [5.41, 5.74) is -0.0401. The highest BCUT2D eigenvalue weighted by atomic mass is 35.5. The predicted octanol–water partition coefficient (Wildman–Crippen LogP) is 3.57. The van der Waals surface area contributed by atoms with Gasteiger partial charge in [0.15, 0.2) is 5.78 Å². The van der Waals surface area contributed by atoms with Gasteiger partial charge < -0.3 is 9.84 Å². The van der Waals surface area contributed by atoms with Crippen molar-refractivity contribution >= 4 is 29.9 Å². The van der Waals surface area contributed by atoms with E-state index in [2.05, 4.69) is 0 Å². The zero-order valence-corrected chi connectivity index (χ0v) is 14.7. The average molecular weight is 343 g/mol. The Morgan fingerprint density at radius 2 is 1.78 bits per heavy atom. The van der Waals surface area contributed by atoms with Crippen LogP contribution in [0.1, 0.15) is 61.3 Å². The second-order valence-electron chi connectivity index (χ2n) is 6.33. The maximum atomic E-state index is 12.1. The van der Waals surface area contributed by atoms with E-state index in [9.17, 15) is 19.5 Å². The lowest BCUT2D eigenvalue weighted by Gasteiger charge is -2.16. The summed E-state index contributed by atoms with van der Waals surface area (Å²) in [5, 5.41) is 9.67. The molecule has 0 radical (unpaired) electrons. The molecule has 128 valence electrons. The summed E-state index contributed by atoms with van der Waals surface area (Å²) in [6, 6.07) is 3.92. The first kappa shape index (κ1) is 21.1. The van der Waals surface area contributed by atoms with Crippen LogP contribution in [0.5, 0.6) is 5.75 Å². The number of carbonyl (C=O) groups excluding carboxylic acids is 3. The summed E-state index contributed by atoms with van der Waals surface area (Å²) in [5.74, 6) is -1.48. The number of ketones is 2. The molecule has 1 aromatic carbocycles. The lowest BCUT2D eigenvalue weighted by atomic mass is 9.88. The molecule has 1 aromatic rings. The number of Topliss-reactive ketones (excluding diaryl/α,β-unsaturated/α-hetero) is 2. The van der Waals surface area contributed by atoms with Gasteiger partial charge in [-0.15, -0.1) is 12.4 Å². The zero-order valence-electron chi connectivity index (χ0n) is 13.8. The molecule has 0 fully saturated rings. The van der Waals surface area contributed by atoms with Crippen molar-refractivity contribution in [3.8, 4) is 5.75 Å². The highest BCUT2D eigenvalue weighted by Crippen LogP contribution is 2.23. The molecule has 5 nitrogen and oxygen atoms in total. The number of rotatable bonds is 6. The van der Waals surface area contributed by atoms with Crippen LogP contribution in [-0.2, 0) is 9.53 Å². The fourth-order valence-electron chi connectivity index (χ4n) is 2.02. The van der Waals surface area contributed by atoms with Crippen LogP contribution in [0.25, 0.3) is 0 Å². The van der Waals surface area contributed by atoms with E-state index in [1.54, 1.807) is 6.92 Å². The van der Waals surface area contributed by atoms with Crippen LogP contribution in [0.2, 0.25) is 0 Å². The van der Waals surface area contributed by atoms with Gasteiger partial charge in [0.25, 0.3) is 0 Å². The number of benzene rings is 1. The monoisotopic (exact) mass is 342 g/mol. The summed E-state index contributed by atoms with van der Waals surface area (Å²) < 4.78 is 4.81. The molecule has 6 heteroatoms. The molecular formula is C17H23ClO5. The lowest BCUT2D eigenvalue weighted by molar-refractivity contribution is -0.119. The molecule has 0 aliphatic heterocycles. The molecule has 0 amide bonds. The normalized spacial score (nSPS) is 10.6. The third kappa shape index (κ3) is 6.82. The first-order valence-electron chi connectivity index (χ1n) is 7.19. The molecule has 0 atom stereocenters. The van der Waals surface area contributed by atoms with Gasteiger partial charge in [-0.3, -0.25) is 9.59 Å². The summed E-state index contributed by atoms with van der Waals surface area (Å²) >= 11 is 0. The van der Waals surface area contributed by atoms with Gasteiger partial charge in [-0.2, -0.15) is 0 Å². The van der Waals surface area contributed by atoms with Crippen LogP contribution in [0.15, 0.2) is 18.2 Å². The van der Waals surface area contributed by atoms with Crippen molar-refractivity contribution < 1.29 is 24.2 Å². The molecule has 0 aliphatic carbocycles. The van der Waals surface area contributed by atoms with Gasteiger partial charge in [-0.05, 0) is 30.5 Å². The number of aromatic hydroxyl groups is 1. The van der Waals surface area contributed by atoms with E-state index in [1.807, 2.05) is 20.8 Å². The highest BCUT2D eigenvalue weighted by Gasteiger charge is 2.21. The lowest BCUT2D eigenvalue weighted by Crippen LogP contribution is -2.16. The predicted molar refractivity (Wildman–Crippen MR) is 89.3 cm³/mol. The van der Waals surface area contributed by atoms with E-state index in [0.717, 1.165) is 0 Å². The summed E-state index contributed by atoms with van der Waals surface area (Å²) in [4.78, 5) is 35.7. The largest absolute Gasteiger partial charge is 0.507 e. The second kappa shape index (κ2) is 8.67. The minimum absolute atomic E-state index is 0. The Bertz CT molecular complexity index is 587. The Morgan fingerprint density at radius 1 is 1.17 bits per heavy atom. The molecule has 23 heavy (non-hydrogen) atoms. The van der Waals surface area contributed by atoms with Gasteiger partial charge in [0.2, 0.25) is 0 Å². The van der Waals surface area contributed by atoms with Crippen molar-refractivity contribution in [2.24, 2.45) is 5.41 Å². The van der Waals surface area contributed by atoms with Crippen LogP contribution in [0, 0.1) is 5.41 Å². The Morgan fingerprint density at radius 3 is 2.30 bits per heavy atom. The number of hydrogen-bond acceptors (Lipinski definition) is 5. The fraction of sp³-hybridized carbons (Fsp3) is 0.471. The van der Waals surface area contributed by atoms with Gasteiger partial charge in [0.1, 0.15) is 17.1 Å². The number of carbonyl (C=O) groups is 3. The minimum atomic E-state index is -0.698. The third-order valence-corrected chi connectivity index (χ3v) is 2.90. The molecule has 0 aliphatic rings. The SMILES string of the molecule is CCOC(=O)c1cc(C(=O)CC(=O)CC(C)(C)C)ccc1O.Cl. The average Bonchev–Trinajstić information content (AvgIpc) is 2.36. The molecule has 0 bridgehead atoms. The number of esters is 1. The maximum Gasteiger partial charge on any atom is 0.341 e. The van der Waals surface area contributed by atoms with Crippen LogP contribution < -0.4 is 0 Å². The van der Waals surface area contributed by atoms with Crippen molar-refractivity contribution in [2.45, 2.75) is 40.5 Å². The quantitative estimate of drug-likeness (QED) is 0.485. The molecular weight excluding hydrogens is 320 g/mol. The molecule has 0 aromatic heterocycles. The molecule has 0 heterocycles. The fourth-order valence-corrected chi connectivity index (χ4v) is 2.02. The number of hydrogen-bond donors (Lipinski definition) is 1. The number of phenolic OH excluding ortho intramolecular Hbond substituents is 1. The van der Waals surface area contributed by atoms with E-state index in [0.29, 0.717) is 6.42 Å². The Balaban J connectivity index is 0.00000484. The zero-order chi connectivity index (χ0) is 16.9. The van der Waals surface area contributed by atoms with E-state index in [-0.39, 0.29) is 59.3 Å². The Kier molecular flexibility index (Phi) is 7.97. The molecule has 1 rings (SSSR count). The summed E-state index contributed by atoms with van der Waals surface area (Å²) in [7, 11) is 0. The first-order valence-corrected chi connectivity index (χ1v) is 7.19. The van der Waals surface area contributed by atoms with Gasteiger partial charge in [0, 0.05) is 12.0 Å². The van der Waals surface area contributed by atoms with Crippen LogP contribution in [0.4, 0.5) is 0 Å². The van der Waals surface area contributed by atoms with Crippen molar-refractivity contribution in [3.63, 3.8) is 0 Å². The van der Waals surface area contributed by atoms with E-state index in [1.165, 1.54) is 18.2 Å². The van der Waals surface area contributed by atoms with E-state index >= 15 is 0 Å². The Labute approximate surface area is 142 Å². The first-order chi connectivity index (χ1) is 10.1. The molecule has 0 saturated carbocycles.